The van der Waals surface area contributed by atoms with Crippen LogP contribution in [-0.2, 0) is 16.6 Å². The molecule has 4 rings (SSSR count). The van der Waals surface area contributed by atoms with Crippen molar-refractivity contribution < 1.29 is 14.3 Å². The van der Waals surface area contributed by atoms with Crippen LogP contribution in [0.3, 0.4) is 0 Å². The average molecular weight is 475 g/mol. The third-order valence-corrected chi connectivity index (χ3v) is 6.01. The third-order valence-electron chi connectivity index (χ3n) is 6.01. The zero-order valence-corrected chi connectivity index (χ0v) is 21.0. The zero-order valence-electron chi connectivity index (χ0n) is 21.0. The van der Waals surface area contributed by atoms with Gasteiger partial charge in [-0.05, 0) is 52.0 Å². The minimum absolute atomic E-state index is 0.0988. The van der Waals surface area contributed by atoms with Crippen molar-refractivity contribution in [2.24, 2.45) is 7.05 Å². The first-order chi connectivity index (χ1) is 16.5. The number of benzene rings is 2. The summed E-state index contributed by atoms with van der Waals surface area (Å²) in [5.74, 6) is -0.0188. The highest BCUT2D eigenvalue weighted by molar-refractivity contribution is 5.98. The third kappa shape index (κ3) is 4.80. The first-order valence-corrected chi connectivity index (χ1v) is 11.5. The van der Waals surface area contributed by atoms with Crippen LogP contribution in [0, 0.1) is 18.3 Å². The maximum absolute atomic E-state index is 12.7. The van der Waals surface area contributed by atoms with Gasteiger partial charge in [-0.15, -0.1) is 0 Å². The van der Waals surface area contributed by atoms with E-state index < -0.39 is 11.6 Å². The van der Waals surface area contributed by atoms with Crippen molar-refractivity contribution >= 4 is 33.9 Å². The second kappa shape index (κ2) is 8.99. The topological polar surface area (TPSA) is 87.8 Å². The van der Waals surface area contributed by atoms with Gasteiger partial charge in [0.15, 0.2) is 6.61 Å². The van der Waals surface area contributed by atoms with Crippen LogP contribution in [0.1, 0.15) is 31.9 Å². The Morgan fingerprint density at radius 1 is 1.06 bits per heavy atom. The van der Waals surface area contributed by atoms with E-state index in [-0.39, 0.29) is 12.2 Å². The predicted octanol–water partition coefficient (Wildman–Crippen LogP) is 4.03. The van der Waals surface area contributed by atoms with E-state index in [4.69, 9.17) is 9.47 Å². The molecule has 0 N–H and O–H groups in total. The van der Waals surface area contributed by atoms with Gasteiger partial charge in [0.2, 0.25) is 0 Å². The lowest BCUT2D eigenvalue weighted by Gasteiger charge is -2.38. The zero-order chi connectivity index (χ0) is 25.5. The van der Waals surface area contributed by atoms with Gasteiger partial charge >= 0.3 is 5.97 Å². The van der Waals surface area contributed by atoms with E-state index in [1.54, 1.807) is 45.4 Å². The van der Waals surface area contributed by atoms with E-state index in [9.17, 15) is 14.9 Å². The highest BCUT2D eigenvalue weighted by Crippen LogP contribution is 2.42. The summed E-state index contributed by atoms with van der Waals surface area (Å²) in [5, 5.41) is 10.4. The van der Waals surface area contributed by atoms with E-state index in [0.29, 0.717) is 28.9 Å². The van der Waals surface area contributed by atoms with Crippen LogP contribution in [0.15, 0.2) is 41.2 Å². The van der Waals surface area contributed by atoms with Gasteiger partial charge in [0.1, 0.15) is 11.4 Å². The van der Waals surface area contributed by atoms with Gasteiger partial charge in [-0.25, -0.2) is 4.79 Å². The molecule has 3 aromatic rings. The summed E-state index contributed by atoms with van der Waals surface area (Å²) in [6, 6.07) is 13.4. The van der Waals surface area contributed by atoms with E-state index in [2.05, 4.69) is 15.9 Å². The Labute approximate surface area is 204 Å². The summed E-state index contributed by atoms with van der Waals surface area (Å²) in [7, 11) is 3.75. The number of nitriles is 1. The fraction of sp³-hybridized carbons (Fsp3) is 0.370. The molecular formula is C27H30N4O4. The number of aryl methyl sites for hydroxylation is 2. The number of esters is 1. The lowest BCUT2D eigenvalue weighted by molar-refractivity contribution is -0.157. The van der Waals surface area contributed by atoms with Gasteiger partial charge in [-0.1, -0.05) is 0 Å². The van der Waals surface area contributed by atoms with Crippen molar-refractivity contribution in [3.63, 3.8) is 0 Å². The SMILES string of the molecule is Cc1cc2c(N3CCN(C)c4ccc(C#N)cc43)cc(OCC(=O)OC(C)(C)C)cc2n(C)c1=O. The molecule has 0 radical (unpaired) electrons. The molecule has 0 unspecified atom stereocenters. The van der Waals surface area contributed by atoms with E-state index in [0.717, 1.165) is 29.0 Å². The van der Waals surface area contributed by atoms with Crippen molar-refractivity contribution in [2.75, 3.05) is 36.5 Å². The maximum atomic E-state index is 12.7. The first kappa shape index (κ1) is 24.1. The molecule has 1 aliphatic rings. The fourth-order valence-electron chi connectivity index (χ4n) is 4.37. The number of hydrogen-bond acceptors (Lipinski definition) is 7. The molecule has 1 aliphatic heterocycles. The smallest absolute Gasteiger partial charge is 0.344 e. The number of anilines is 3. The van der Waals surface area contributed by atoms with Crippen LogP contribution in [0.5, 0.6) is 5.75 Å². The highest BCUT2D eigenvalue weighted by Gasteiger charge is 2.25. The standard InChI is InChI=1S/C27H30N4O4/c1-17-11-20-22(30(6)26(17)33)13-19(34-16-25(32)35-27(2,3)4)14-23(20)31-10-9-29(5)21-8-7-18(15-28)12-24(21)31/h7-8,11-14H,9-10,16H2,1-6H3. The van der Waals surface area contributed by atoms with Crippen LogP contribution in [0.4, 0.5) is 17.1 Å². The van der Waals surface area contributed by atoms with Gasteiger partial charge in [-0.3, -0.25) is 4.79 Å². The number of pyridine rings is 1. The van der Waals surface area contributed by atoms with Gasteiger partial charge in [0.25, 0.3) is 5.56 Å². The maximum Gasteiger partial charge on any atom is 0.344 e. The van der Waals surface area contributed by atoms with E-state index in [1.807, 2.05) is 37.4 Å². The quantitative estimate of drug-likeness (QED) is 0.528. The first-order valence-electron chi connectivity index (χ1n) is 11.5. The number of carbonyl (C=O) groups excluding carboxylic acids is 1. The molecule has 2 aromatic carbocycles. The second-order valence-electron chi connectivity index (χ2n) is 9.83. The molecule has 2 heterocycles. The lowest BCUT2D eigenvalue weighted by Crippen LogP contribution is -2.36. The Morgan fingerprint density at radius 3 is 2.49 bits per heavy atom. The fourth-order valence-corrected chi connectivity index (χ4v) is 4.37. The van der Waals surface area contributed by atoms with Crippen molar-refractivity contribution in [2.45, 2.75) is 33.3 Å². The Morgan fingerprint density at radius 2 is 1.80 bits per heavy atom. The molecule has 0 saturated heterocycles. The van der Waals surface area contributed by atoms with Crippen molar-refractivity contribution in [1.29, 1.82) is 5.26 Å². The number of fused-ring (bicyclic) bond motifs is 2. The molecule has 0 fully saturated rings. The van der Waals surface area contributed by atoms with Gasteiger partial charge in [0, 0.05) is 50.3 Å². The van der Waals surface area contributed by atoms with E-state index >= 15 is 0 Å². The van der Waals surface area contributed by atoms with Crippen LogP contribution in [0.2, 0.25) is 0 Å². The second-order valence-corrected chi connectivity index (χ2v) is 9.83. The van der Waals surface area contributed by atoms with Crippen molar-refractivity contribution in [3.05, 3.63) is 57.9 Å². The Kier molecular flexibility index (Phi) is 6.20. The number of ether oxygens (including phenoxy) is 2. The normalized spacial score (nSPS) is 13.4. The average Bonchev–Trinajstić information content (AvgIpc) is 2.80. The summed E-state index contributed by atoms with van der Waals surface area (Å²) in [5.41, 5.74) is 3.91. The molecule has 0 amide bonds. The van der Waals surface area contributed by atoms with Crippen LogP contribution < -0.4 is 20.1 Å². The summed E-state index contributed by atoms with van der Waals surface area (Å²) < 4.78 is 12.8. The molecule has 8 nitrogen and oxygen atoms in total. The molecule has 0 saturated carbocycles. The van der Waals surface area contributed by atoms with Crippen molar-refractivity contribution in [1.82, 2.24) is 4.57 Å². The summed E-state index contributed by atoms with van der Waals surface area (Å²) >= 11 is 0. The van der Waals surface area contributed by atoms with Crippen LogP contribution in [0.25, 0.3) is 10.9 Å². The number of carbonyl (C=O) groups is 1. The van der Waals surface area contributed by atoms with Crippen molar-refractivity contribution in [3.8, 4) is 11.8 Å². The number of nitrogens with zero attached hydrogens (tertiary/aromatic N) is 4. The minimum atomic E-state index is -0.613. The Balaban J connectivity index is 1.86. The number of aromatic nitrogens is 1. The molecule has 0 spiro atoms. The molecule has 0 bridgehead atoms. The largest absolute Gasteiger partial charge is 0.482 e. The van der Waals surface area contributed by atoms with Gasteiger partial charge in [-0.2, -0.15) is 5.26 Å². The van der Waals surface area contributed by atoms with E-state index in [1.165, 1.54) is 0 Å². The molecule has 0 atom stereocenters. The molecule has 35 heavy (non-hydrogen) atoms. The highest BCUT2D eigenvalue weighted by atomic mass is 16.6. The minimum Gasteiger partial charge on any atom is -0.482 e. The van der Waals surface area contributed by atoms with Gasteiger partial charge in [0.05, 0.1) is 34.2 Å². The summed E-state index contributed by atoms with van der Waals surface area (Å²) in [6.07, 6.45) is 0. The summed E-state index contributed by atoms with van der Waals surface area (Å²) in [6.45, 7) is 8.40. The monoisotopic (exact) mass is 474 g/mol. The number of likely N-dealkylation sites (N-methyl/N-ethyl adjacent to an activating group) is 1. The molecule has 8 heteroatoms. The Hall–Kier alpha value is -3.99. The lowest BCUT2D eigenvalue weighted by atomic mass is 10.0. The molecule has 182 valence electrons. The summed E-state index contributed by atoms with van der Waals surface area (Å²) in [4.78, 5) is 29.3. The predicted molar refractivity (Wildman–Crippen MR) is 137 cm³/mol. The number of hydrogen-bond donors (Lipinski definition) is 0. The molecule has 1 aromatic heterocycles. The van der Waals surface area contributed by atoms with Gasteiger partial charge < -0.3 is 23.8 Å². The Bertz CT molecular complexity index is 1410. The molecular weight excluding hydrogens is 444 g/mol. The van der Waals surface area contributed by atoms with Crippen LogP contribution >= 0.6 is 0 Å². The number of rotatable bonds is 4. The van der Waals surface area contributed by atoms with Crippen LogP contribution in [-0.4, -0.2) is 42.9 Å². The molecule has 0 aliphatic carbocycles.